The van der Waals surface area contributed by atoms with Gasteiger partial charge >= 0.3 is 5.97 Å². The topological polar surface area (TPSA) is 52.6 Å². The number of esters is 1. The summed E-state index contributed by atoms with van der Waals surface area (Å²) in [5.74, 6) is 0.465. The van der Waals surface area contributed by atoms with Gasteiger partial charge in [0.15, 0.2) is 5.78 Å². The normalized spacial score (nSPS) is 10.4. The van der Waals surface area contributed by atoms with Crippen LogP contribution in [0.15, 0.2) is 85.2 Å². The Balaban J connectivity index is 2.01. The molecule has 2 rings (SSSR count). The van der Waals surface area contributed by atoms with Gasteiger partial charge in [0.2, 0.25) is 0 Å². The molecular formula is C22H20O4. The fraction of sp³-hybridized carbons (Fsp3) is 0.0909. The van der Waals surface area contributed by atoms with Crippen molar-refractivity contribution in [2.24, 2.45) is 0 Å². The Hall–Kier alpha value is -3.40. The van der Waals surface area contributed by atoms with Gasteiger partial charge in [-0.15, -0.1) is 0 Å². The second-order valence-corrected chi connectivity index (χ2v) is 5.78. The maximum absolute atomic E-state index is 11.5. The Morgan fingerprint density at radius 2 is 1.31 bits per heavy atom. The van der Waals surface area contributed by atoms with Crippen molar-refractivity contribution >= 4 is 11.8 Å². The highest BCUT2D eigenvalue weighted by atomic mass is 16.5. The molecule has 0 spiro atoms. The molecule has 0 aliphatic carbocycles. The van der Waals surface area contributed by atoms with Gasteiger partial charge in [-0.2, -0.15) is 0 Å². The van der Waals surface area contributed by atoms with E-state index in [-0.39, 0.29) is 5.78 Å². The van der Waals surface area contributed by atoms with Crippen molar-refractivity contribution in [2.45, 2.75) is 13.8 Å². The highest BCUT2D eigenvalue weighted by Crippen LogP contribution is 2.25. The maximum Gasteiger partial charge on any atom is 0.338 e. The first-order valence-electron chi connectivity index (χ1n) is 7.98. The fourth-order valence-electron chi connectivity index (χ4n) is 1.95. The van der Waals surface area contributed by atoms with E-state index in [4.69, 9.17) is 9.47 Å². The van der Waals surface area contributed by atoms with Crippen LogP contribution in [0, 0.1) is 0 Å². The average Bonchev–Trinajstić information content (AvgIpc) is 2.62. The number of hydrogen-bond donors (Lipinski definition) is 0. The van der Waals surface area contributed by atoms with Gasteiger partial charge in [-0.3, -0.25) is 4.79 Å². The molecule has 0 radical (unpaired) electrons. The molecule has 0 aromatic heterocycles. The predicted molar refractivity (Wildman–Crippen MR) is 102 cm³/mol. The molecule has 0 N–H and O–H groups in total. The third-order valence-corrected chi connectivity index (χ3v) is 3.45. The molecule has 132 valence electrons. The van der Waals surface area contributed by atoms with Gasteiger partial charge < -0.3 is 9.47 Å². The van der Waals surface area contributed by atoms with Crippen molar-refractivity contribution in [3.63, 3.8) is 0 Å². The first-order valence-corrected chi connectivity index (χ1v) is 7.98. The van der Waals surface area contributed by atoms with Crippen LogP contribution in [0.25, 0.3) is 11.1 Å². The molecule has 0 aliphatic rings. The van der Waals surface area contributed by atoms with Crippen LogP contribution in [0.2, 0.25) is 0 Å². The highest BCUT2D eigenvalue weighted by molar-refractivity contribution is 6.02. The summed E-state index contributed by atoms with van der Waals surface area (Å²) in [6.45, 7) is 10.4. The maximum atomic E-state index is 11.5. The van der Waals surface area contributed by atoms with Crippen LogP contribution in [-0.4, -0.2) is 11.8 Å². The zero-order valence-electron chi connectivity index (χ0n) is 14.8. The van der Waals surface area contributed by atoms with Crippen LogP contribution in [0.1, 0.15) is 13.8 Å². The molecule has 2 aromatic carbocycles. The molecule has 0 saturated heterocycles. The van der Waals surface area contributed by atoms with Gasteiger partial charge in [-0.05, 0) is 54.8 Å². The molecule has 4 nitrogen and oxygen atoms in total. The van der Waals surface area contributed by atoms with Gasteiger partial charge in [-0.1, -0.05) is 37.4 Å². The van der Waals surface area contributed by atoms with E-state index in [1.807, 2.05) is 24.3 Å². The number of carbonyl (C=O) groups excluding carboxylic acids is 2. The summed E-state index contributed by atoms with van der Waals surface area (Å²) in [4.78, 5) is 22.9. The van der Waals surface area contributed by atoms with Crippen molar-refractivity contribution in [1.82, 2.24) is 0 Å². The summed E-state index contributed by atoms with van der Waals surface area (Å²) >= 11 is 0. The van der Waals surface area contributed by atoms with Gasteiger partial charge in [0.25, 0.3) is 0 Å². The third-order valence-electron chi connectivity index (χ3n) is 3.45. The van der Waals surface area contributed by atoms with Crippen molar-refractivity contribution < 1.29 is 19.1 Å². The zero-order chi connectivity index (χ0) is 19.1. The minimum absolute atomic E-state index is 0.172. The molecule has 0 saturated carbocycles. The first kappa shape index (κ1) is 18.9. The number of ether oxygens (including phenoxy) is 2. The zero-order valence-corrected chi connectivity index (χ0v) is 14.8. The van der Waals surface area contributed by atoms with Crippen molar-refractivity contribution in [3.8, 4) is 22.6 Å². The molecule has 0 atom stereocenters. The lowest BCUT2D eigenvalue weighted by molar-refractivity contribution is -0.130. The molecule has 0 unspecified atom stereocenters. The molecule has 0 heterocycles. The van der Waals surface area contributed by atoms with E-state index in [0.29, 0.717) is 22.6 Å². The van der Waals surface area contributed by atoms with Gasteiger partial charge in [-0.25, -0.2) is 4.79 Å². The van der Waals surface area contributed by atoms with Crippen LogP contribution < -0.4 is 9.47 Å². The lowest BCUT2D eigenvalue weighted by atomic mass is 10.1. The summed E-state index contributed by atoms with van der Waals surface area (Å²) in [5.41, 5.74) is 2.76. The summed E-state index contributed by atoms with van der Waals surface area (Å²) in [6.07, 6.45) is 2.68. The van der Waals surface area contributed by atoms with E-state index in [1.54, 1.807) is 38.1 Å². The predicted octanol–water partition coefficient (Wildman–Crippen LogP) is 4.87. The van der Waals surface area contributed by atoms with Gasteiger partial charge in [0, 0.05) is 11.6 Å². The second kappa shape index (κ2) is 8.62. The lowest BCUT2D eigenvalue weighted by Crippen LogP contribution is -2.07. The van der Waals surface area contributed by atoms with Crippen molar-refractivity contribution in [2.75, 3.05) is 0 Å². The Morgan fingerprint density at radius 3 is 1.77 bits per heavy atom. The Kier molecular flexibility index (Phi) is 6.28. The third kappa shape index (κ3) is 5.31. The smallest absolute Gasteiger partial charge is 0.338 e. The summed E-state index contributed by atoms with van der Waals surface area (Å²) < 4.78 is 10.6. The van der Waals surface area contributed by atoms with Crippen LogP contribution in [0.3, 0.4) is 0 Å². The van der Waals surface area contributed by atoms with Crippen LogP contribution in [0.4, 0.5) is 0 Å². The molecule has 0 bridgehead atoms. The molecule has 0 aliphatic heterocycles. The van der Waals surface area contributed by atoms with Crippen LogP contribution >= 0.6 is 0 Å². The Bertz CT molecular complexity index is 856. The van der Waals surface area contributed by atoms with E-state index in [2.05, 4.69) is 13.2 Å². The van der Waals surface area contributed by atoms with Gasteiger partial charge in [0.05, 0.1) is 6.26 Å². The minimum Gasteiger partial charge on any atom is -0.465 e. The average molecular weight is 348 g/mol. The summed E-state index contributed by atoms with van der Waals surface area (Å²) in [5, 5.41) is 0. The molecule has 0 fully saturated rings. The lowest BCUT2D eigenvalue weighted by Gasteiger charge is -2.06. The second-order valence-electron chi connectivity index (χ2n) is 5.78. The molecule has 26 heavy (non-hydrogen) atoms. The van der Waals surface area contributed by atoms with Crippen molar-refractivity contribution in [3.05, 3.63) is 85.2 Å². The molecule has 4 heteroatoms. The van der Waals surface area contributed by atoms with E-state index >= 15 is 0 Å². The van der Waals surface area contributed by atoms with Crippen LogP contribution in [0.5, 0.6) is 11.5 Å². The van der Waals surface area contributed by atoms with Crippen molar-refractivity contribution in [1.29, 1.82) is 0 Å². The Morgan fingerprint density at radius 1 is 0.808 bits per heavy atom. The van der Waals surface area contributed by atoms with Crippen LogP contribution in [-0.2, 0) is 9.59 Å². The summed E-state index contributed by atoms with van der Waals surface area (Å²) in [6, 6.07) is 14.6. The fourth-order valence-corrected chi connectivity index (χ4v) is 1.95. The summed E-state index contributed by atoms with van der Waals surface area (Å²) in [7, 11) is 0. The number of ketones is 1. The minimum atomic E-state index is -0.447. The first-order chi connectivity index (χ1) is 12.4. The monoisotopic (exact) mass is 348 g/mol. The number of benzene rings is 2. The molecule has 0 amide bonds. The number of carbonyl (C=O) groups is 2. The Labute approximate surface area is 153 Å². The number of allylic oxidation sites excluding steroid dienone is 2. The molecule has 2 aromatic rings. The largest absolute Gasteiger partial charge is 0.465 e. The number of hydrogen-bond acceptors (Lipinski definition) is 4. The highest BCUT2D eigenvalue weighted by Gasteiger charge is 2.06. The molecular weight excluding hydrogens is 328 g/mol. The quantitative estimate of drug-likeness (QED) is 0.310. The van der Waals surface area contributed by atoms with E-state index in [0.717, 1.165) is 11.1 Å². The van der Waals surface area contributed by atoms with Gasteiger partial charge in [0.1, 0.15) is 11.5 Å². The SMILES string of the molecule is C=C(C)C(=O)/C=C/Oc1ccc(-c2ccc(OC(=O)C(=C)C)cc2)cc1. The standard InChI is InChI=1S/C22H20O4/c1-15(2)21(23)13-14-25-19-9-5-17(6-10-19)18-7-11-20(12-8-18)26-22(24)16(3)4/h5-14H,1,3H2,2,4H3/b14-13+. The van der Waals surface area contributed by atoms with E-state index < -0.39 is 5.97 Å². The van der Waals surface area contributed by atoms with E-state index in [1.165, 1.54) is 12.3 Å². The van der Waals surface area contributed by atoms with E-state index in [9.17, 15) is 9.59 Å². The number of rotatable bonds is 7.